The minimum Gasteiger partial charge on any atom is -0.350 e. The van der Waals surface area contributed by atoms with Crippen molar-refractivity contribution in [2.24, 2.45) is 5.92 Å². The molecule has 30 heavy (non-hydrogen) atoms. The number of benzene rings is 1. The van der Waals surface area contributed by atoms with Gasteiger partial charge in [0.1, 0.15) is 11.5 Å². The Kier molecular flexibility index (Phi) is 8.00. The van der Waals surface area contributed by atoms with Gasteiger partial charge in [-0.05, 0) is 37.6 Å². The second-order valence-electron chi connectivity index (χ2n) is 7.48. The predicted octanol–water partition coefficient (Wildman–Crippen LogP) is 4.52. The molecule has 0 bridgehead atoms. The zero-order valence-corrected chi connectivity index (χ0v) is 17.6. The molecule has 1 aromatic carbocycles. The maximum atomic E-state index is 14.1. The molecule has 0 saturated carbocycles. The number of carbonyl (C=O) groups excluding carboxylic acids is 1. The Morgan fingerprint density at radius 1 is 1.20 bits per heavy atom. The highest BCUT2D eigenvalue weighted by atomic mass is 19.4. The molecule has 5 nitrogen and oxygen atoms in total. The molecule has 0 aliphatic rings. The summed E-state index contributed by atoms with van der Waals surface area (Å²) in [5.41, 5.74) is -2.30. The summed E-state index contributed by atoms with van der Waals surface area (Å²) in [6, 6.07) is 4.99. The Morgan fingerprint density at radius 3 is 2.37 bits per heavy atom. The van der Waals surface area contributed by atoms with E-state index >= 15 is 0 Å². The van der Waals surface area contributed by atoms with Gasteiger partial charge in [0.2, 0.25) is 0 Å². The summed E-state index contributed by atoms with van der Waals surface area (Å²) in [7, 11) is 0. The van der Waals surface area contributed by atoms with Gasteiger partial charge in [-0.1, -0.05) is 39.8 Å². The van der Waals surface area contributed by atoms with E-state index in [1.54, 1.807) is 0 Å². The third-order valence-corrected chi connectivity index (χ3v) is 4.93. The summed E-state index contributed by atoms with van der Waals surface area (Å²) >= 11 is 0. The third-order valence-electron chi connectivity index (χ3n) is 4.93. The van der Waals surface area contributed by atoms with E-state index in [0.717, 1.165) is 31.8 Å². The number of hydrogen-bond donors (Lipinski definition) is 1. The van der Waals surface area contributed by atoms with Crippen LogP contribution in [-0.2, 0) is 6.18 Å². The van der Waals surface area contributed by atoms with Crippen LogP contribution in [-0.4, -0.2) is 46.3 Å². The molecule has 2 aromatic rings. The van der Waals surface area contributed by atoms with Crippen LogP contribution in [0.15, 0.2) is 30.5 Å². The van der Waals surface area contributed by atoms with E-state index in [9.17, 15) is 22.4 Å². The minimum absolute atomic E-state index is 0.0000931. The van der Waals surface area contributed by atoms with E-state index in [0.29, 0.717) is 10.6 Å². The minimum atomic E-state index is -4.89. The lowest BCUT2D eigenvalue weighted by atomic mass is 10.0. The van der Waals surface area contributed by atoms with Gasteiger partial charge in [0.05, 0.1) is 11.8 Å². The number of hydrogen-bond acceptors (Lipinski definition) is 3. The standard InChI is InChI=1S/C21H28F4N4O/c1-5-28(6-2)15(11-14(3)4)12-26-20(30)16-13-27-29(19(16)21(23,24)25)18-10-8-7-9-17(18)22/h7-10,13-15H,5-6,11-12H2,1-4H3,(H,26,30). The number of halogens is 4. The summed E-state index contributed by atoms with van der Waals surface area (Å²) in [6.45, 7) is 9.85. The highest BCUT2D eigenvalue weighted by molar-refractivity contribution is 5.95. The predicted molar refractivity (Wildman–Crippen MR) is 107 cm³/mol. The van der Waals surface area contributed by atoms with Crippen molar-refractivity contribution in [3.05, 3.63) is 47.5 Å². The number of aromatic nitrogens is 2. The van der Waals surface area contributed by atoms with Crippen LogP contribution in [0.5, 0.6) is 0 Å². The number of likely N-dealkylation sites (N-methyl/N-ethyl adjacent to an activating group) is 1. The Balaban J connectivity index is 2.32. The van der Waals surface area contributed by atoms with E-state index in [1.165, 1.54) is 18.2 Å². The maximum absolute atomic E-state index is 14.1. The molecule has 0 spiro atoms. The lowest BCUT2D eigenvalue weighted by molar-refractivity contribution is -0.143. The molecule has 9 heteroatoms. The fraction of sp³-hybridized carbons (Fsp3) is 0.524. The number of alkyl halides is 3. The zero-order chi connectivity index (χ0) is 22.5. The van der Waals surface area contributed by atoms with E-state index in [-0.39, 0.29) is 18.3 Å². The first-order valence-corrected chi connectivity index (χ1v) is 10.0. The van der Waals surface area contributed by atoms with E-state index < -0.39 is 29.2 Å². The van der Waals surface area contributed by atoms with Crippen LogP contribution in [0.2, 0.25) is 0 Å². The topological polar surface area (TPSA) is 50.2 Å². The smallest absolute Gasteiger partial charge is 0.350 e. The van der Waals surface area contributed by atoms with Gasteiger partial charge >= 0.3 is 6.18 Å². The number of nitrogens with zero attached hydrogens (tertiary/aromatic N) is 3. The monoisotopic (exact) mass is 428 g/mol. The van der Waals surface area contributed by atoms with Gasteiger partial charge in [-0.2, -0.15) is 18.3 Å². The fourth-order valence-corrected chi connectivity index (χ4v) is 3.54. The van der Waals surface area contributed by atoms with E-state index in [4.69, 9.17) is 0 Å². The second kappa shape index (κ2) is 10.1. The zero-order valence-electron chi connectivity index (χ0n) is 17.6. The van der Waals surface area contributed by atoms with E-state index in [1.807, 2.05) is 13.8 Å². The molecule has 2 rings (SSSR count). The first-order chi connectivity index (χ1) is 14.1. The summed E-state index contributed by atoms with van der Waals surface area (Å²) in [6.07, 6.45) is -3.26. The Labute approximate surface area is 174 Å². The van der Waals surface area contributed by atoms with Crippen LogP contribution < -0.4 is 5.32 Å². The number of para-hydroxylation sites is 1. The van der Waals surface area contributed by atoms with E-state index in [2.05, 4.69) is 29.2 Å². The second-order valence-corrected chi connectivity index (χ2v) is 7.48. The van der Waals surface area contributed by atoms with Crippen LogP contribution >= 0.6 is 0 Å². The SMILES string of the molecule is CCN(CC)C(CNC(=O)c1cnn(-c2ccccc2F)c1C(F)(F)F)CC(C)C. The molecule has 0 aliphatic carbocycles. The molecule has 0 aliphatic heterocycles. The molecule has 1 aromatic heterocycles. The largest absolute Gasteiger partial charge is 0.434 e. The van der Waals surface area contributed by atoms with Crippen molar-refractivity contribution < 1.29 is 22.4 Å². The van der Waals surface area contributed by atoms with Crippen molar-refractivity contribution in [2.75, 3.05) is 19.6 Å². The van der Waals surface area contributed by atoms with Gasteiger partial charge in [0, 0.05) is 12.6 Å². The van der Waals surface area contributed by atoms with Gasteiger partial charge < -0.3 is 5.32 Å². The number of carbonyl (C=O) groups is 1. The molecule has 0 radical (unpaired) electrons. The van der Waals surface area contributed by atoms with Crippen LogP contribution in [0.1, 0.15) is 50.2 Å². The first kappa shape index (κ1) is 23.9. The molecule has 0 fully saturated rings. The summed E-state index contributed by atoms with van der Waals surface area (Å²) in [4.78, 5) is 14.8. The van der Waals surface area contributed by atoms with Crippen LogP contribution in [0.4, 0.5) is 17.6 Å². The van der Waals surface area contributed by atoms with Crippen molar-refractivity contribution in [3.63, 3.8) is 0 Å². The van der Waals surface area contributed by atoms with Crippen LogP contribution in [0.25, 0.3) is 5.69 Å². The van der Waals surface area contributed by atoms with Crippen molar-refractivity contribution in [2.45, 2.75) is 46.3 Å². The molecule has 1 N–H and O–H groups in total. The van der Waals surface area contributed by atoms with Crippen LogP contribution in [0.3, 0.4) is 0 Å². The fourth-order valence-electron chi connectivity index (χ4n) is 3.54. The lowest BCUT2D eigenvalue weighted by Gasteiger charge is -2.31. The number of amides is 1. The normalized spacial score (nSPS) is 13.1. The molecule has 1 heterocycles. The summed E-state index contributed by atoms with van der Waals surface area (Å²) in [5.74, 6) is -1.38. The quantitative estimate of drug-likeness (QED) is 0.598. The van der Waals surface area contributed by atoms with Gasteiger partial charge in [0.15, 0.2) is 5.69 Å². The van der Waals surface area contributed by atoms with Gasteiger partial charge in [0.25, 0.3) is 5.91 Å². The lowest BCUT2D eigenvalue weighted by Crippen LogP contribution is -2.44. The molecule has 166 valence electrons. The molecular formula is C21H28F4N4O. The average Bonchev–Trinajstić information content (AvgIpc) is 3.12. The van der Waals surface area contributed by atoms with Crippen molar-refractivity contribution in [1.82, 2.24) is 20.0 Å². The van der Waals surface area contributed by atoms with Gasteiger partial charge in [-0.15, -0.1) is 0 Å². The summed E-state index contributed by atoms with van der Waals surface area (Å²) in [5, 5.41) is 6.28. The highest BCUT2D eigenvalue weighted by Gasteiger charge is 2.41. The maximum Gasteiger partial charge on any atom is 0.434 e. The number of rotatable bonds is 9. The molecular weight excluding hydrogens is 400 g/mol. The molecule has 1 unspecified atom stereocenters. The summed E-state index contributed by atoms with van der Waals surface area (Å²) < 4.78 is 55.8. The molecule has 0 saturated heterocycles. The van der Waals surface area contributed by atoms with Crippen LogP contribution in [0, 0.1) is 11.7 Å². The highest BCUT2D eigenvalue weighted by Crippen LogP contribution is 2.34. The first-order valence-electron chi connectivity index (χ1n) is 10.0. The molecule has 1 atom stereocenters. The van der Waals surface area contributed by atoms with Gasteiger partial charge in [-0.3, -0.25) is 9.69 Å². The Morgan fingerprint density at radius 2 is 1.83 bits per heavy atom. The third kappa shape index (κ3) is 5.59. The average molecular weight is 428 g/mol. The number of nitrogens with one attached hydrogen (secondary N) is 1. The van der Waals surface area contributed by atoms with Crippen molar-refractivity contribution in [3.8, 4) is 5.69 Å². The Hall–Kier alpha value is -2.42. The van der Waals surface area contributed by atoms with Crippen molar-refractivity contribution >= 4 is 5.91 Å². The van der Waals surface area contributed by atoms with Crippen molar-refractivity contribution in [1.29, 1.82) is 0 Å². The molecule has 1 amide bonds. The Bertz CT molecular complexity index is 844. The van der Waals surface area contributed by atoms with Gasteiger partial charge in [-0.25, -0.2) is 9.07 Å².